The summed E-state index contributed by atoms with van der Waals surface area (Å²) in [5, 5.41) is 2.92. The Labute approximate surface area is 148 Å². The van der Waals surface area contributed by atoms with Crippen molar-refractivity contribution in [3.05, 3.63) is 54.1 Å². The summed E-state index contributed by atoms with van der Waals surface area (Å²) in [5.74, 6) is 0.644. The number of hydrogen-bond acceptors (Lipinski definition) is 4. The van der Waals surface area contributed by atoms with E-state index in [4.69, 9.17) is 14.2 Å². The minimum atomic E-state index is -0.100. The number of ether oxygens (including phenoxy) is 3. The van der Waals surface area contributed by atoms with Crippen molar-refractivity contribution in [1.82, 2.24) is 5.32 Å². The zero-order valence-electron chi connectivity index (χ0n) is 14.8. The predicted octanol–water partition coefficient (Wildman–Crippen LogP) is 3.15. The lowest BCUT2D eigenvalue weighted by atomic mass is 10.0. The summed E-state index contributed by atoms with van der Waals surface area (Å²) >= 11 is 0. The maximum absolute atomic E-state index is 12.4. The van der Waals surface area contributed by atoms with Crippen molar-refractivity contribution < 1.29 is 19.0 Å². The Hall–Kier alpha value is -2.37. The van der Waals surface area contributed by atoms with Gasteiger partial charge in [0.1, 0.15) is 5.75 Å². The number of methoxy groups -OCH3 is 2. The van der Waals surface area contributed by atoms with Gasteiger partial charge in [-0.3, -0.25) is 4.79 Å². The third-order valence-electron chi connectivity index (χ3n) is 3.73. The summed E-state index contributed by atoms with van der Waals surface area (Å²) in [6.07, 6.45) is 0.761. The summed E-state index contributed by atoms with van der Waals surface area (Å²) in [5.41, 5.74) is 2.53. The molecular weight excluding hydrogens is 318 g/mol. The van der Waals surface area contributed by atoms with Gasteiger partial charge in [0.15, 0.2) is 0 Å². The lowest BCUT2D eigenvalue weighted by molar-refractivity contribution is 0.0688. The molecule has 0 radical (unpaired) electrons. The normalized spacial score (nSPS) is 10.5. The van der Waals surface area contributed by atoms with Gasteiger partial charge in [-0.05, 0) is 30.2 Å². The summed E-state index contributed by atoms with van der Waals surface area (Å²) in [6, 6.07) is 15.3. The SMILES string of the molecule is COCCOCCCNC(=O)c1ccc(OC)c(-c2ccccc2)c1. The van der Waals surface area contributed by atoms with Crippen LogP contribution < -0.4 is 10.1 Å². The highest BCUT2D eigenvalue weighted by Crippen LogP contribution is 2.30. The van der Waals surface area contributed by atoms with E-state index < -0.39 is 0 Å². The second kappa shape index (κ2) is 10.5. The van der Waals surface area contributed by atoms with Crippen molar-refractivity contribution in [1.29, 1.82) is 0 Å². The van der Waals surface area contributed by atoms with Gasteiger partial charge in [-0.2, -0.15) is 0 Å². The summed E-state index contributed by atoms with van der Waals surface area (Å²) in [6.45, 7) is 2.32. The van der Waals surface area contributed by atoms with Crippen LogP contribution in [0.2, 0.25) is 0 Å². The molecule has 134 valence electrons. The first kappa shape index (κ1) is 19.0. The van der Waals surface area contributed by atoms with E-state index in [1.54, 1.807) is 20.3 Å². The van der Waals surface area contributed by atoms with Gasteiger partial charge in [0.2, 0.25) is 0 Å². The van der Waals surface area contributed by atoms with E-state index in [1.165, 1.54) is 0 Å². The molecule has 0 aliphatic carbocycles. The lowest BCUT2D eigenvalue weighted by Gasteiger charge is -2.11. The number of nitrogens with one attached hydrogen (secondary N) is 1. The van der Waals surface area contributed by atoms with Gasteiger partial charge in [-0.15, -0.1) is 0 Å². The number of carbonyl (C=O) groups is 1. The molecule has 0 atom stereocenters. The van der Waals surface area contributed by atoms with Crippen LogP contribution in [0, 0.1) is 0 Å². The Kier molecular flexibility index (Phi) is 7.95. The second-order valence-electron chi connectivity index (χ2n) is 5.50. The minimum Gasteiger partial charge on any atom is -0.496 e. The van der Waals surface area contributed by atoms with Gasteiger partial charge in [0.05, 0.1) is 20.3 Å². The Morgan fingerprint density at radius 1 is 1.00 bits per heavy atom. The molecule has 2 aromatic rings. The van der Waals surface area contributed by atoms with Crippen LogP contribution in [-0.4, -0.2) is 46.5 Å². The molecule has 0 heterocycles. The van der Waals surface area contributed by atoms with Crippen LogP contribution in [0.5, 0.6) is 5.75 Å². The highest BCUT2D eigenvalue weighted by Gasteiger charge is 2.11. The zero-order valence-corrected chi connectivity index (χ0v) is 14.8. The molecule has 5 nitrogen and oxygen atoms in total. The monoisotopic (exact) mass is 343 g/mol. The van der Waals surface area contributed by atoms with E-state index >= 15 is 0 Å². The highest BCUT2D eigenvalue weighted by atomic mass is 16.5. The quantitative estimate of drug-likeness (QED) is 0.673. The first-order chi connectivity index (χ1) is 12.3. The molecule has 2 aromatic carbocycles. The predicted molar refractivity (Wildman–Crippen MR) is 98.1 cm³/mol. The molecule has 1 N–H and O–H groups in total. The molecule has 5 heteroatoms. The largest absolute Gasteiger partial charge is 0.496 e. The highest BCUT2D eigenvalue weighted by molar-refractivity contribution is 5.96. The number of rotatable bonds is 10. The summed E-state index contributed by atoms with van der Waals surface area (Å²) < 4.78 is 15.7. The Balaban J connectivity index is 1.94. The van der Waals surface area contributed by atoms with Gasteiger partial charge in [-0.25, -0.2) is 0 Å². The zero-order chi connectivity index (χ0) is 17.9. The van der Waals surface area contributed by atoms with E-state index in [2.05, 4.69) is 5.32 Å². The molecule has 0 bridgehead atoms. The van der Waals surface area contributed by atoms with Crippen LogP contribution in [0.3, 0.4) is 0 Å². The Morgan fingerprint density at radius 3 is 2.52 bits per heavy atom. The maximum Gasteiger partial charge on any atom is 0.251 e. The fourth-order valence-electron chi connectivity index (χ4n) is 2.42. The van der Waals surface area contributed by atoms with E-state index in [0.717, 1.165) is 23.3 Å². The average Bonchev–Trinajstić information content (AvgIpc) is 2.67. The second-order valence-corrected chi connectivity index (χ2v) is 5.50. The van der Waals surface area contributed by atoms with Gasteiger partial charge in [-0.1, -0.05) is 30.3 Å². The van der Waals surface area contributed by atoms with Crippen LogP contribution in [0.1, 0.15) is 16.8 Å². The molecule has 0 aliphatic rings. The Bertz CT molecular complexity index is 658. The van der Waals surface area contributed by atoms with Crippen LogP contribution in [0.4, 0.5) is 0 Å². The van der Waals surface area contributed by atoms with Gasteiger partial charge < -0.3 is 19.5 Å². The van der Waals surface area contributed by atoms with Crippen molar-refractivity contribution >= 4 is 5.91 Å². The smallest absolute Gasteiger partial charge is 0.251 e. The molecule has 0 saturated carbocycles. The van der Waals surface area contributed by atoms with Crippen molar-refractivity contribution in [2.24, 2.45) is 0 Å². The molecule has 25 heavy (non-hydrogen) atoms. The van der Waals surface area contributed by atoms with Gasteiger partial charge in [0.25, 0.3) is 5.91 Å². The van der Waals surface area contributed by atoms with Gasteiger partial charge >= 0.3 is 0 Å². The third-order valence-corrected chi connectivity index (χ3v) is 3.73. The minimum absolute atomic E-state index is 0.100. The number of hydrogen-bond donors (Lipinski definition) is 1. The van der Waals surface area contributed by atoms with Crippen LogP contribution in [0.25, 0.3) is 11.1 Å². The third kappa shape index (κ3) is 5.89. The van der Waals surface area contributed by atoms with Gasteiger partial charge in [0, 0.05) is 31.4 Å². The molecule has 2 rings (SSSR count). The molecule has 0 fully saturated rings. The van der Waals surface area contributed by atoms with Crippen LogP contribution in [0.15, 0.2) is 48.5 Å². The fourth-order valence-corrected chi connectivity index (χ4v) is 2.42. The first-order valence-electron chi connectivity index (χ1n) is 8.34. The van der Waals surface area contributed by atoms with E-state index in [0.29, 0.717) is 31.9 Å². The van der Waals surface area contributed by atoms with E-state index in [1.807, 2.05) is 42.5 Å². The Morgan fingerprint density at radius 2 is 1.80 bits per heavy atom. The van der Waals surface area contributed by atoms with E-state index in [-0.39, 0.29) is 5.91 Å². The average molecular weight is 343 g/mol. The molecule has 0 unspecified atom stereocenters. The summed E-state index contributed by atoms with van der Waals surface area (Å²) in [4.78, 5) is 12.4. The maximum atomic E-state index is 12.4. The molecular formula is C20H25NO4. The molecule has 0 aliphatic heterocycles. The fraction of sp³-hybridized carbons (Fsp3) is 0.350. The van der Waals surface area contributed by atoms with Crippen molar-refractivity contribution in [3.63, 3.8) is 0 Å². The van der Waals surface area contributed by atoms with Crippen LogP contribution in [-0.2, 0) is 9.47 Å². The molecule has 0 spiro atoms. The van der Waals surface area contributed by atoms with Crippen molar-refractivity contribution in [2.75, 3.05) is 40.6 Å². The lowest BCUT2D eigenvalue weighted by Crippen LogP contribution is -2.25. The molecule has 1 amide bonds. The van der Waals surface area contributed by atoms with Crippen molar-refractivity contribution in [3.8, 4) is 16.9 Å². The van der Waals surface area contributed by atoms with Crippen molar-refractivity contribution in [2.45, 2.75) is 6.42 Å². The standard InChI is InChI=1S/C20H25NO4/c1-23-13-14-25-12-6-11-21-20(22)17-9-10-19(24-2)18(15-17)16-7-4-3-5-8-16/h3-5,7-10,15H,6,11-14H2,1-2H3,(H,21,22). The van der Waals surface area contributed by atoms with Crippen LogP contribution >= 0.6 is 0 Å². The molecule has 0 saturated heterocycles. The summed E-state index contributed by atoms with van der Waals surface area (Å²) in [7, 11) is 3.27. The number of carbonyl (C=O) groups excluding carboxylic acids is 1. The first-order valence-corrected chi connectivity index (χ1v) is 8.34. The van der Waals surface area contributed by atoms with E-state index in [9.17, 15) is 4.79 Å². The number of amides is 1. The topological polar surface area (TPSA) is 56.8 Å². The molecule has 0 aromatic heterocycles. The number of benzene rings is 2.